The van der Waals surface area contributed by atoms with Crippen molar-refractivity contribution in [3.05, 3.63) is 144 Å². The van der Waals surface area contributed by atoms with E-state index < -0.39 is 11.9 Å². The molecular formula is C74H118O9. The fraction of sp³-hybridized carbons (Fsp3) is 0.676. The Hall–Kier alpha value is -3.48. The van der Waals surface area contributed by atoms with Crippen LogP contribution in [0, 0.1) is 0 Å². The number of benzene rings is 4. The second-order valence-corrected chi connectivity index (χ2v) is 23.0. The van der Waals surface area contributed by atoms with Gasteiger partial charge in [0.25, 0.3) is 0 Å². The van der Waals surface area contributed by atoms with E-state index in [9.17, 15) is 0 Å². The van der Waals surface area contributed by atoms with Crippen molar-refractivity contribution in [3.63, 3.8) is 0 Å². The predicted octanol–water partition coefficient (Wildman–Crippen LogP) is 21.2. The highest BCUT2D eigenvalue weighted by Crippen LogP contribution is 2.42. The monoisotopic (exact) mass is 1150 g/mol. The molecule has 9 nitrogen and oxygen atoms in total. The molecule has 9 heteroatoms. The van der Waals surface area contributed by atoms with Crippen molar-refractivity contribution in [2.24, 2.45) is 0 Å². The normalized spacial score (nSPS) is 13.3. The molecule has 0 fully saturated rings. The van der Waals surface area contributed by atoms with E-state index in [2.05, 4.69) is 52.0 Å². The largest absolute Gasteiger partial charge is 0.353 e. The Bertz CT molecular complexity index is 1810. The van der Waals surface area contributed by atoms with Crippen molar-refractivity contribution < 1.29 is 42.6 Å². The summed E-state index contributed by atoms with van der Waals surface area (Å²) in [5.41, 5.74) is 3.41. The van der Waals surface area contributed by atoms with E-state index in [0.717, 1.165) is 127 Å². The summed E-state index contributed by atoms with van der Waals surface area (Å²) in [6.07, 6.45) is 39.0. The Morgan fingerprint density at radius 2 is 0.518 bits per heavy atom. The third kappa shape index (κ3) is 33.9. The number of rotatable bonds is 58. The molecule has 4 aromatic carbocycles. The highest BCUT2D eigenvalue weighted by atomic mass is 17.0. The first-order valence-electron chi connectivity index (χ1n) is 34.0. The Labute approximate surface area is 507 Å². The van der Waals surface area contributed by atoms with Gasteiger partial charge in [0.2, 0.25) is 0 Å². The van der Waals surface area contributed by atoms with Crippen molar-refractivity contribution in [2.75, 3.05) is 39.6 Å². The first kappa shape index (κ1) is 72.0. The lowest BCUT2D eigenvalue weighted by Crippen LogP contribution is -2.48. The molecule has 0 aliphatic carbocycles. The van der Waals surface area contributed by atoms with Crippen LogP contribution in [-0.2, 0) is 67.8 Å². The van der Waals surface area contributed by atoms with Gasteiger partial charge in [-0.1, -0.05) is 303 Å². The molecule has 0 saturated carbocycles. The molecule has 0 heterocycles. The van der Waals surface area contributed by atoms with Crippen molar-refractivity contribution in [1.82, 2.24) is 0 Å². The summed E-state index contributed by atoms with van der Waals surface area (Å²) in [5, 5.41) is 0. The quantitative estimate of drug-likeness (QED) is 0.0317. The zero-order chi connectivity index (χ0) is 58.7. The van der Waals surface area contributed by atoms with Crippen molar-refractivity contribution in [1.29, 1.82) is 0 Å². The minimum absolute atomic E-state index is 0.157. The number of hydrogen-bond donors (Lipinski definition) is 0. The van der Waals surface area contributed by atoms with Crippen molar-refractivity contribution in [3.8, 4) is 0 Å². The molecule has 4 rings (SSSR count). The summed E-state index contributed by atoms with van der Waals surface area (Å²) in [6.45, 7) is 13.4. The maximum Gasteiger partial charge on any atom is 0.316 e. The second kappa shape index (κ2) is 49.6. The van der Waals surface area contributed by atoms with E-state index in [4.69, 9.17) is 42.6 Å². The molecular weight excluding hydrogens is 1030 g/mol. The molecule has 2 unspecified atom stereocenters. The Morgan fingerprint density at radius 3 is 0.819 bits per heavy atom. The van der Waals surface area contributed by atoms with Gasteiger partial charge in [0.1, 0.15) is 0 Å². The minimum Gasteiger partial charge on any atom is -0.353 e. The zero-order valence-corrected chi connectivity index (χ0v) is 53.1. The SMILES string of the molecule is CCCCCCCCOC(CCCCCCOC(OCc1ccccc1)(OC(OCCCCCCC(OCCCCCCCC)OCCCCCCCC)(OCc1ccccc1)c1ccccc1)c1ccccc1)OCCCCCCCC. The van der Waals surface area contributed by atoms with Crippen LogP contribution in [0.2, 0.25) is 0 Å². The summed E-state index contributed by atoms with van der Waals surface area (Å²) in [5.74, 6) is -3.47. The van der Waals surface area contributed by atoms with Gasteiger partial charge in [-0.2, -0.15) is 0 Å². The highest BCUT2D eigenvalue weighted by Gasteiger charge is 2.49. The topological polar surface area (TPSA) is 83.1 Å². The van der Waals surface area contributed by atoms with E-state index in [0.29, 0.717) is 24.3 Å². The Balaban J connectivity index is 1.49. The van der Waals surface area contributed by atoms with Crippen LogP contribution in [0.4, 0.5) is 0 Å². The van der Waals surface area contributed by atoms with Crippen LogP contribution in [0.1, 0.15) is 268 Å². The summed E-state index contributed by atoms with van der Waals surface area (Å²) in [7, 11) is 0. The van der Waals surface area contributed by atoms with E-state index in [1.165, 1.54) is 128 Å². The van der Waals surface area contributed by atoms with Gasteiger partial charge in [0, 0.05) is 37.6 Å². The van der Waals surface area contributed by atoms with Crippen LogP contribution in [-0.4, -0.2) is 52.2 Å². The Kier molecular flexibility index (Phi) is 43.0. The first-order chi connectivity index (χ1) is 41.1. The predicted molar refractivity (Wildman–Crippen MR) is 343 cm³/mol. The molecule has 0 aliphatic rings. The van der Waals surface area contributed by atoms with Gasteiger partial charge in [-0.25, -0.2) is 0 Å². The maximum absolute atomic E-state index is 7.50. The summed E-state index contributed by atoms with van der Waals surface area (Å²) in [4.78, 5) is 0. The number of ether oxygens (including phenoxy) is 9. The van der Waals surface area contributed by atoms with Crippen LogP contribution in [0.3, 0.4) is 0 Å². The van der Waals surface area contributed by atoms with Gasteiger partial charge < -0.3 is 37.9 Å². The van der Waals surface area contributed by atoms with Crippen molar-refractivity contribution in [2.45, 2.75) is 284 Å². The van der Waals surface area contributed by atoms with E-state index in [1.807, 2.05) is 97.1 Å². The zero-order valence-electron chi connectivity index (χ0n) is 53.1. The highest BCUT2D eigenvalue weighted by molar-refractivity contribution is 5.23. The molecule has 0 N–H and O–H groups in total. The van der Waals surface area contributed by atoms with E-state index in [1.54, 1.807) is 0 Å². The second-order valence-electron chi connectivity index (χ2n) is 23.0. The first-order valence-corrected chi connectivity index (χ1v) is 34.0. The van der Waals surface area contributed by atoms with Crippen LogP contribution in [0.5, 0.6) is 0 Å². The summed E-state index contributed by atoms with van der Waals surface area (Å²) < 4.78 is 61.5. The lowest BCUT2D eigenvalue weighted by atomic mass is 10.1. The van der Waals surface area contributed by atoms with Gasteiger partial charge in [-0.15, -0.1) is 0 Å². The minimum atomic E-state index is -1.73. The molecule has 468 valence electrons. The molecule has 4 aromatic rings. The third-order valence-electron chi connectivity index (χ3n) is 15.5. The van der Waals surface area contributed by atoms with Gasteiger partial charge in [0.15, 0.2) is 12.6 Å². The lowest BCUT2D eigenvalue weighted by Gasteiger charge is -2.42. The molecule has 83 heavy (non-hydrogen) atoms. The van der Waals surface area contributed by atoms with Crippen LogP contribution in [0.15, 0.2) is 121 Å². The molecule has 0 aliphatic heterocycles. The molecule has 0 bridgehead atoms. The van der Waals surface area contributed by atoms with Crippen molar-refractivity contribution >= 4 is 0 Å². The van der Waals surface area contributed by atoms with E-state index in [-0.39, 0.29) is 25.8 Å². The molecule has 0 amide bonds. The molecule has 0 spiro atoms. The van der Waals surface area contributed by atoms with Gasteiger partial charge in [0.05, 0.1) is 26.4 Å². The smallest absolute Gasteiger partial charge is 0.316 e. The molecule has 0 saturated heterocycles. The van der Waals surface area contributed by atoms with E-state index >= 15 is 0 Å². The fourth-order valence-corrected chi connectivity index (χ4v) is 10.4. The van der Waals surface area contributed by atoms with Gasteiger partial charge >= 0.3 is 11.9 Å². The third-order valence-corrected chi connectivity index (χ3v) is 15.5. The maximum atomic E-state index is 7.50. The average Bonchev–Trinajstić information content (AvgIpc) is 3.22. The van der Waals surface area contributed by atoms with Crippen LogP contribution < -0.4 is 0 Å². The lowest BCUT2D eigenvalue weighted by molar-refractivity contribution is -0.525. The average molecular weight is 1150 g/mol. The van der Waals surface area contributed by atoms with Crippen LogP contribution in [0.25, 0.3) is 0 Å². The standard InChI is InChI=1S/C74H118O9/c1-5-9-13-17-23-43-59-75-71(76-60-44-24-18-14-10-6-2)57-41-21-27-47-63-79-73(69-53-37-31-38-54-69,81-65-67-49-33-29-34-50-67)83-74(70-55-39-32-40-56-70,82-66-68-51-35-30-36-52-68)80-64-48-28-22-42-58-72(77-61-45-25-19-15-11-7-3)78-62-46-26-20-16-12-8-4/h29-40,49-56,71-72H,5-28,41-48,57-66H2,1-4H3. The summed E-state index contributed by atoms with van der Waals surface area (Å²) in [6, 6.07) is 40.5. The van der Waals surface area contributed by atoms with Crippen LogP contribution >= 0.6 is 0 Å². The molecule has 0 aromatic heterocycles. The molecule has 2 atom stereocenters. The molecule has 0 radical (unpaired) electrons. The van der Waals surface area contributed by atoms with Gasteiger partial charge in [-0.3, -0.25) is 4.74 Å². The number of hydrogen-bond acceptors (Lipinski definition) is 9. The van der Waals surface area contributed by atoms with Gasteiger partial charge in [-0.05, 0) is 75.3 Å². The summed E-state index contributed by atoms with van der Waals surface area (Å²) >= 11 is 0. The fourth-order valence-electron chi connectivity index (χ4n) is 10.4. The Morgan fingerprint density at radius 1 is 0.265 bits per heavy atom. The number of unbranched alkanes of at least 4 members (excludes halogenated alkanes) is 26.